The van der Waals surface area contributed by atoms with Gasteiger partial charge in [0.1, 0.15) is 6.04 Å². The van der Waals surface area contributed by atoms with E-state index in [9.17, 15) is 9.59 Å². The van der Waals surface area contributed by atoms with Crippen molar-refractivity contribution in [1.29, 1.82) is 0 Å². The maximum Gasteiger partial charge on any atom is 0.327 e. The first-order valence-corrected chi connectivity index (χ1v) is 6.59. The van der Waals surface area contributed by atoms with Gasteiger partial charge in [-0.25, -0.2) is 4.79 Å². The van der Waals surface area contributed by atoms with E-state index in [1.807, 2.05) is 6.07 Å². The average molecular weight is 266 g/mol. The number of carbonyl (C=O) groups excluding carboxylic acids is 2. The van der Waals surface area contributed by atoms with Crippen molar-refractivity contribution in [2.24, 2.45) is 5.73 Å². The predicted molar refractivity (Wildman–Crippen MR) is 69.4 cm³/mol. The molecule has 0 spiro atoms. The van der Waals surface area contributed by atoms with Gasteiger partial charge in [0.25, 0.3) is 0 Å². The summed E-state index contributed by atoms with van der Waals surface area (Å²) in [5.41, 5.74) is 7.13. The smallest absolute Gasteiger partial charge is 0.327 e. The third-order valence-electron chi connectivity index (χ3n) is 2.54. The zero-order chi connectivity index (χ0) is 13.1. The van der Waals surface area contributed by atoms with Gasteiger partial charge < -0.3 is 15.8 Å². The second-order valence-electron chi connectivity index (χ2n) is 3.82. The van der Waals surface area contributed by atoms with Crippen LogP contribution in [-0.2, 0) is 14.3 Å². The lowest BCUT2D eigenvalue weighted by atomic mass is 10.1. The van der Waals surface area contributed by atoms with Crippen LogP contribution in [0.2, 0.25) is 0 Å². The molecule has 0 fully saturated rings. The number of amides is 1. The number of ether oxygens (including phenoxy) is 1. The first-order chi connectivity index (χ1) is 8.61. The van der Waals surface area contributed by atoms with E-state index >= 15 is 0 Å². The van der Waals surface area contributed by atoms with Crippen molar-refractivity contribution in [3.63, 3.8) is 0 Å². The Morgan fingerprint density at radius 3 is 3.11 bits per heavy atom. The molecule has 0 aliphatic carbocycles. The van der Waals surface area contributed by atoms with E-state index < -0.39 is 12.0 Å². The van der Waals surface area contributed by atoms with Crippen molar-refractivity contribution < 1.29 is 14.3 Å². The lowest BCUT2D eigenvalue weighted by Gasteiger charge is -2.18. The lowest BCUT2D eigenvalue weighted by Crippen LogP contribution is -2.24. The highest BCUT2D eigenvalue weighted by Crippen LogP contribution is 2.33. The van der Waals surface area contributed by atoms with Gasteiger partial charge in [-0.2, -0.15) is 0 Å². The van der Waals surface area contributed by atoms with Crippen LogP contribution in [0.4, 0.5) is 5.69 Å². The predicted octanol–water partition coefficient (Wildman–Crippen LogP) is 1.29. The summed E-state index contributed by atoms with van der Waals surface area (Å²) in [7, 11) is 0. The third-order valence-corrected chi connectivity index (χ3v) is 3.61. The molecule has 1 atom stereocenters. The number of nitrogens with two attached hydrogens (primary N) is 1. The second-order valence-corrected chi connectivity index (χ2v) is 4.84. The van der Waals surface area contributed by atoms with E-state index in [4.69, 9.17) is 10.5 Å². The molecule has 0 saturated carbocycles. The van der Waals surface area contributed by atoms with Crippen molar-refractivity contribution >= 4 is 29.3 Å². The molecule has 96 valence electrons. The van der Waals surface area contributed by atoms with Gasteiger partial charge in [-0.05, 0) is 24.6 Å². The van der Waals surface area contributed by atoms with Crippen LogP contribution in [0.5, 0.6) is 0 Å². The standard InChI is InChI=1S/C12H14N2O3S/c1-2-17-12(16)11(13)7-3-4-9-8(5-7)14-10(15)6-18-9/h3-5,11H,2,6,13H2,1H3,(H,14,15). The van der Waals surface area contributed by atoms with E-state index in [0.29, 0.717) is 23.6 Å². The minimum Gasteiger partial charge on any atom is -0.465 e. The van der Waals surface area contributed by atoms with Crippen LogP contribution in [-0.4, -0.2) is 24.2 Å². The van der Waals surface area contributed by atoms with E-state index in [-0.39, 0.29) is 5.91 Å². The molecule has 1 heterocycles. The van der Waals surface area contributed by atoms with Crippen molar-refractivity contribution in [2.45, 2.75) is 17.9 Å². The van der Waals surface area contributed by atoms with Crippen LogP contribution < -0.4 is 11.1 Å². The summed E-state index contributed by atoms with van der Waals surface area (Å²) in [6.07, 6.45) is 0. The molecule has 1 aromatic carbocycles. The van der Waals surface area contributed by atoms with Crippen molar-refractivity contribution in [3.8, 4) is 0 Å². The maximum atomic E-state index is 11.5. The molecule has 0 bridgehead atoms. The number of carbonyl (C=O) groups is 2. The lowest BCUT2D eigenvalue weighted by molar-refractivity contribution is -0.144. The van der Waals surface area contributed by atoms with Crippen molar-refractivity contribution in [3.05, 3.63) is 23.8 Å². The Morgan fingerprint density at radius 2 is 2.39 bits per heavy atom. The Hall–Kier alpha value is -1.53. The molecule has 1 aliphatic heterocycles. The van der Waals surface area contributed by atoms with E-state index in [0.717, 1.165) is 4.90 Å². The van der Waals surface area contributed by atoms with E-state index in [1.165, 1.54) is 11.8 Å². The minimum absolute atomic E-state index is 0.0469. The van der Waals surface area contributed by atoms with Crippen LogP contribution in [0.3, 0.4) is 0 Å². The first-order valence-electron chi connectivity index (χ1n) is 5.60. The van der Waals surface area contributed by atoms with Crippen LogP contribution >= 0.6 is 11.8 Å². The SMILES string of the molecule is CCOC(=O)C(N)c1ccc2c(c1)NC(=O)CS2. The summed E-state index contributed by atoms with van der Waals surface area (Å²) < 4.78 is 4.87. The molecule has 0 aromatic heterocycles. The molecule has 1 amide bonds. The number of esters is 1. The van der Waals surface area contributed by atoms with Crippen LogP contribution in [0.25, 0.3) is 0 Å². The van der Waals surface area contributed by atoms with Gasteiger partial charge in [0.15, 0.2) is 0 Å². The minimum atomic E-state index is -0.820. The molecule has 3 N–H and O–H groups in total. The molecule has 0 saturated heterocycles. The highest BCUT2D eigenvalue weighted by Gasteiger charge is 2.21. The van der Waals surface area contributed by atoms with Gasteiger partial charge >= 0.3 is 5.97 Å². The third kappa shape index (κ3) is 2.65. The number of anilines is 1. The van der Waals surface area contributed by atoms with Gasteiger partial charge in [-0.15, -0.1) is 11.8 Å². The number of benzene rings is 1. The fourth-order valence-corrected chi connectivity index (χ4v) is 2.45. The Balaban J connectivity index is 2.22. The topological polar surface area (TPSA) is 81.4 Å². The number of fused-ring (bicyclic) bond motifs is 1. The summed E-state index contributed by atoms with van der Waals surface area (Å²) in [5, 5.41) is 2.76. The molecule has 0 radical (unpaired) electrons. The summed E-state index contributed by atoms with van der Waals surface area (Å²) in [6.45, 7) is 2.03. The summed E-state index contributed by atoms with van der Waals surface area (Å²) in [5.74, 6) is -0.0994. The molecule has 18 heavy (non-hydrogen) atoms. The van der Waals surface area contributed by atoms with Gasteiger partial charge in [0, 0.05) is 4.90 Å². The monoisotopic (exact) mass is 266 g/mol. The Kier molecular flexibility index (Phi) is 3.88. The van der Waals surface area contributed by atoms with Crippen LogP contribution in [0.15, 0.2) is 23.1 Å². The fraction of sp³-hybridized carbons (Fsp3) is 0.333. The summed E-state index contributed by atoms with van der Waals surface area (Å²) >= 11 is 1.47. The zero-order valence-corrected chi connectivity index (χ0v) is 10.8. The van der Waals surface area contributed by atoms with E-state index in [1.54, 1.807) is 19.1 Å². The van der Waals surface area contributed by atoms with E-state index in [2.05, 4.69) is 5.32 Å². The van der Waals surface area contributed by atoms with Gasteiger partial charge in [0.2, 0.25) is 5.91 Å². The van der Waals surface area contributed by atoms with Crippen LogP contribution in [0.1, 0.15) is 18.5 Å². The molecule has 1 aliphatic rings. The molecule has 1 aromatic rings. The highest BCUT2D eigenvalue weighted by atomic mass is 32.2. The maximum absolute atomic E-state index is 11.5. The average Bonchev–Trinajstić information content (AvgIpc) is 2.37. The highest BCUT2D eigenvalue weighted by molar-refractivity contribution is 8.00. The molecule has 5 nitrogen and oxygen atoms in total. The van der Waals surface area contributed by atoms with Crippen molar-refractivity contribution in [2.75, 3.05) is 17.7 Å². The zero-order valence-electron chi connectivity index (χ0n) is 9.93. The summed E-state index contributed by atoms with van der Waals surface area (Å²) in [4.78, 5) is 23.8. The molecular formula is C12H14N2O3S. The number of rotatable bonds is 3. The number of nitrogens with one attached hydrogen (secondary N) is 1. The largest absolute Gasteiger partial charge is 0.465 e. The van der Waals surface area contributed by atoms with Gasteiger partial charge in [-0.3, -0.25) is 4.79 Å². The normalized spacial score (nSPS) is 15.6. The number of hydrogen-bond donors (Lipinski definition) is 2. The Morgan fingerprint density at radius 1 is 1.61 bits per heavy atom. The second kappa shape index (κ2) is 5.41. The Bertz CT molecular complexity index is 490. The van der Waals surface area contributed by atoms with Gasteiger partial charge in [-0.1, -0.05) is 6.07 Å². The number of hydrogen-bond acceptors (Lipinski definition) is 5. The van der Waals surface area contributed by atoms with Gasteiger partial charge in [0.05, 0.1) is 18.0 Å². The molecule has 2 rings (SSSR count). The quantitative estimate of drug-likeness (QED) is 0.806. The molecule has 6 heteroatoms. The van der Waals surface area contributed by atoms with Crippen molar-refractivity contribution in [1.82, 2.24) is 0 Å². The van der Waals surface area contributed by atoms with Crippen LogP contribution in [0, 0.1) is 0 Å². The number of thioether (sulfide) groups is 1. The molecular weight excluding hydrogens is 252 g/mol. The first kappa shape index (κ1) is 12.9. The Labute approximate surface area is 109 Å². The molecule has 1 unspecified atom stereocenters. The summed E-state index contributed by atoms with van der Waals surface area (Å²) in [6, 6.07) is 4.54. The fourth-order valence-electron chi connectivity index (χ4n) is 1.66.